The van der Waals surface area contributed by atoms with E-state index in [1.54, 1.807) is 0 Å². The molecule has 0 aliphatic carbocycles. The molecular weight excluding hydrogens is 487 g/mol. The van der Waals surface area contributed by atoms with Gasteiger partial charge in [-0.15, -0.1) is 26.8 Å². The molecule has 0 aromatic heterocycles. The molecule has 0 amide bonds. The van der Waals surface area contributed by atoms with Crippen molar-refractivity contribution in [1.82, 2.24) is 0 Å². The van der Waals surface area contributed by atoms with Crippen LogP contribution in [0.3, 0.4) is 0 Å². The average Bonchev–Trinajstić information content (AvgIpc) is 3.27. The molecule has 4 unspecified atom stereocenters. The number of anilines is 2. The Balaban J connectivity index is 1.91. The number of allylic oxidation sites excluding steroid dienone is 2. The highest BCUT2D eigenvalue weighted by molar-refractivity contribution is 8.49. The summed E-state index contributed by atoms with van der Waals surface area (Å²) in [5.41, 5.74) is 5.15. The Hall–Kier alpha value is 0.110. The molecule has 2 nitrogen and oxygen atoms in total. The standard InChI is InChI=1S/C20H23N2P5S2/c1-13-14(2)28-18(21(13)15-9-5-3-6-10-15)19-22(16-11-7-4-8-12-16)17(26-23)20(29-19)27(24)25/h3-12,26H,23-25H2,1-2H3/b19-18+. The van der Waals surface area contributed by atoms with Gasteiger partial charge in [0.05, 0.1) is 5.44 Å². The maximum Gasteiger partial charge on any atom is 0.116 e. The van der Waals surface area contributed by atoms with Crippen LogP contribution in [-0.2, 0) is 0 Å². The fourth-order valence-corrected chi connectivity index (χ4v) is 11.8. The second-order valence-electron chi connectivity index (χ2n) is 6.50. The Morgan fingerprint density at radius 3 is 1.83 bits per heavy atom. The van der Waals surface area contributed by atoms with Gasteiger partial charge in [0.25, 0.3) is 0 Å². The monoisotopic (exact) mass is 510 g/mol. The fraction of sp³-hybridized carbons (Fsp3) is 0.100. The summed E-state index contributed by atoms with van der Waals surface area (Å²) >= 11 is 3.82. The van der Waals surface area contributed by atoms with Gasteiger partial charge in [-0.05, 0) is 45.4 Å². The van der Waals surface area contributed by atoms with E-state index in [1.165, 1.54) is 42.1 Å². The van der Waals surface area contributed by atoms with Gasteiger partial charge in [-0.25, -0.2) is 0 Å². The Bertz CT molecular complexity index is 1010. The molecule has 2 aromatic rings. The molecule has 0 radical (unpaired) electrons. The number of hydrogen-bond donors (Lipinski definition) is 0. The first-order chi connectivity index (χ1) is 14.0. The number of benzene rings is 2. The highest BCUT2D eigenvalue weighted by atomic mass is 32.4. The third-order valence-electron chi connectivity index (χ3n) is 4.70. The van der Waals surface area contributed by atoms with Crippen LogP contribution in [0.25, 0.3) is 0 Å². The Labute approximate surface area is 191 Å². The summed E-state index contributed by atoms with van der Waals surface area (Å²) in [5.74, 6) is 0. The molecular formula is C20H23N2P5S2. The van der Waals surface area contributed by atoms with Crippen molar-refractivity contribution >= 4 is 77.3 Å². The van der Waals surface area contributed by atoms with E-state index < -0.39 is 0 Å². The largest absolute Gasteiger partial charge is 0.306 e. The molecule has 150 valence electrons. The number of hydrogen-bond acceptors (Lipinski definition) is 4. The lowest BCUT2D eigenvalue weighted by atomic mass is 10.2. The summed E-state index contributed by atoms with van der Waals surface area (Å²) in [6, 6.07) is 21.5. The van der Waals surface area contributed by atoms with Gasteiger partial charge >= 0.3 is 0 Å². The van der Waals surface area contributed by atoms with Gasteiger partial charge in [-0.2, -0.15) is 0 Å². The molecule has 4 atom stereocenters. The number of thioether (sulfide) groups is 2. The Kier molecular flexibility index (Phi) is 7.48. The van der Waals surface area contributed by atoms with Crippen LogP contribution in [0.4, 0.5) is 11.4 Å². The van der Waals surface area contributed by atoms with Gasteiger partial charge < -0.3 is 9.80 Å². The van der Waals surface area contributed by atoms with E-state index >= 15 is 0 Å². The minimum Gasteiger partial charge on any atom is -0.306 e. The van der Waals surface area contributed by atoms with Crippen molar-refractivity contribution < 1.29 is 0 Å². The molecule has 2 heterocycles. The van der Waals surface area contributed by atoms with Gasteiger partial charge in [0.1, 0.15) is 10.1 Å². The topological polar surface area (TPSA) is 6.48 Å². The van der Waals surface area contributed by atoms with Crippen molar-refractivity contribution in [2.24, 2.45) is 0 Å². The first-order valence-corrected chi connectivity index (χ1v) is 18.0. The van der Waals surface area contributed by atoms with Gasteiger partial charge in [0.2, 0.25) is 0 Å². The van der Waals surface area contributed by atoms with Crippen molar-refractivity contribution in [3.05, 3.63) is 91.4 Å². The smallest absolute Gasteiger partial charge is 0.116 e. The van der Waals surface area contributed by atoms with E-state index in [0.29, 0.717) is 8.27 Å². The van der Waals surface area contributed by atoms with E-state index in [1.807, 2.05) is 23.5 Å². The predicted octanol–water partition coefficient (Wildman–Crippen LogP) is 8.53. The Morgan fingerprint density at radius 1 is 0.793 bits per heavy atom. The molecule has 0 saturated heterocycles. The maximum absolute atomic E-state index is 3.01. The number of rotatable bonds is 4. The molecule has 2 aromatic carbocycles. The van der Waals surface area contributed by atoms with Crippen LogP contribution in [0.15, 0.2) is 91.4 Å². The zero-order valence-electron chi connectivity index (χ0n) is 16.2. The van der Waals surface area contributed by atoms with Gasteiger partial charge in [0.15, 0.2) is 0 Å². The van der Waals surface area contributed by atoms with Crippen molar-refractivity contribution in [1.29, 1.82) is 0 Å². The van der Waals surface area contributed by atoms with E-state index in [0.717, 1.165) is 0 Å². The summed E-state index contributed by atoms with van der Waals surface area (Å²) in [6.45, 7) is 4.45. The van der Waals surface area contributed by atoms with Gasteiger partial charge in [-0.1, -0.05) is 68.2 Å². The molecule has 0 spiro atoms. The second-order valence-corrected chi connectivity index (χ2v) is 17.0. The predicted molar refractivity (Wildman–Crippen MR) is 150 cm³/mol. The van der Waals surface area contributed by atoms with Crippen LogP contribution in [0.5, 0.6) is 0 Å². The van der Waals surface area contributed by atoms with Gasteiger partial charge in [0, 0.05) is 26.6 Å². The van der Waals surface area contributed by atoms with Crippen LogP contribution in [-0.4, -0.2) is 0 Å². The SMILES string of the molecule is CC1=C(C)N(c2ccccc2)/C(=C2\SC(P(P)P)=C(PP)N2c2ccccc2)S1. The minimum absolute atomic E-state index is 0.343. The van der Waals surface area contributed by atoms with E-state index in [2.05, 4.69) is 111 Å². The molecule has 4 rings (SSSR count). The third-order valence-corrected chi connectivity index (χ3v) is 13.2. The molecule has 29 heavy (non-hydrogen) atoms. The highest BCUT2D eigenvalue weighted by Gasteiger charge is 2.37. The van der Waals surface area contributed by atoms with Crippen LogP contribution >= 0.6 is 65.9 Å². The van der Waals surface area contributed by atoms with Crippen LogP contribution < -0.4 is 9.80 Å². The zero-order valence-corrected chi connectivity index (χ0v) is 23.2. The molecule has 0 bridgehead atoms. The lowest BCUT2D eigenvalue weighted by Crippen LogP contribution is -2.21. The van der Waals surface area contributed by atoms with Crippen LogP contribution in [0.2, 0.25) is 0 Å². The highest BCUT2D eigenvalue weighted by Crippen LogP contribution is 2.72. The van der Waals surface area contributed by atoms with Crippen LogP contribution in [0, 0.1) is 0 Å². The van der Waals surface area contributed by atoms with Crippen molar-refractivity contribution in [2.45, 2.75) is 13.8 Å². The maximum atomic E-state index is 3.01. The molecule has 9 heteroatoms. The van der Waals surface area contributed by atoms with E-state index in [-0.39, 0.29) is 7.30 Å². The van der Waals surface area contributed by atoms with E-state index in [4.69, 9.17) is 0 Å². The number of para-hydroxylation sites is 2. The zero-order chi connectivity index (χ0) is 20.5. The molecule has 0 fully saturated rings. The van der Waals surface area contributed by atoms with Gasteiger partial charge in [-0.3, -0.25) is 0 Å². The van der Waals surface area contributed by atoms with Crippen molar-refractivity contribution in [3.63, 3.8) is 0 Å². The summed E-state index contributed by atoms with van der Waals surface area (Å²) < 4.78 is 1.46. The Morgan fingerprint density at radius 2 is 1.31 bits per heavy atom. The lowest BCUT2D eigenvalue weighted by Gasteiger charge is -2.28. The summed E-state index contributed by atoms with van der Waals surface area (Å²) in [7, 11) is 9.30. The molecule has 2 aliphatic rings. The summed E-state index contributed by atoms with van der Waals surface area (Å²) in [5, 5.41) is 2.60. The first kappa shape index (κ1) is 22.3. The molecule has 0 saturated carbocycles. The lowest BCUT2D eigenvalue weighted by molar-refractivity contribution is 1.11. The molecule has 2 aliphatic heterocycles. The summed E-state index contributed by atoms with van der Waals surface area (Å²) in [4.78, 5) is 6.24. The fourth-order valence-electron chi connectivity index (χ4n) is 3.25. The first-order valence-electron chi connectivity index (χ1n) is 9.01. The quantitative estimate of drug-likeness (QED) is 0.380. The minimum atomic E-state index is -0.343. The molecule has 0 N–H and O–H groups in total. The normalized spacial score (nSPS) is 20.3. The summed E-state index contributed by atoms with van der Waals surface area (Å²) in [6.07, 6.45) is 0. The third kappa shape index (κ3) is 4.38. The van der Waals surface area contributed by atoms with Crippen LogP contribution in [0.1, 0.15) is 13.8 Å². The second kappa shape index (κ2) is 9.72. The van der Waals surface area contributed by atoms with E-state index in [9.17, 15) is 0 Å². The van der Waals surface area contributed by atoms with Crippen molar-refractivity contribution in [3.8, 4) is 0 Å². The van der Waals surface area contributed by atoms with Crippen molar-refractivity contribution in [2.75, 3.05) is 9.80 Å². The number of nitrogens with zero attached hydrogens (tertiary/aromatic N) is 2. The average molecular weight is 510 g/mol.